The fraction of sp³-hybridized carbons (Fsp3) is 0.522. The average molecular weight is 542 g/mol. The van der Waals surface area contributed by atoms with Crippen LogP contribution in [0, 0.1) is 5.92 Å². The van der Waals surface area contributed by atoms with Crippen LogP contribution in [-0.2, 0) is 26.0 Å². The van der Waals surface area contributed by atoms with Gasteiger partial charge in [0, 0.05) is 18.8 Å². The summed E-state index contributed by atoms with van der Waals surface area (Å²) in [6, 6.07) is 6.46. The Morgan fingerprint density at radius 2 is 1.91 bits per heavy atom. The highest BCUT2D eigenvalue weighted by molar-refractivity contribution is 8.01. The second kappa shape index (κ2) is 12.7. The zero-order valence-corrected chi connectivity index (χ0v) is 22.3. The molecule has 0 atom stereocenters. The Morgan fingerprint density at radius 1 is 1.23 bits per heavy atom. The lowest BCUT2D eigenvalue weighted by Crippen LogP contribution is -2.46. The summed E-state index contributed by atoms with van der Waals surface area (Å²) in [7, 11) is -3.24. The molecular weight excluding hydrogens is 510 g/mol. The topological polar surface area (TPSA) is 126 Å². The maximum atomic E-state index is 13.1. The quantitative estimate of drug-likeness (QED) is 0.318. The van der Waals surface area contributed by atoms with Crippen molar-refractivity contribution in [3.63, 3.8) is 0 Å². The second-order valence-electron chi connectivity index (χ2n) is 8.67. The number of benzene rings is 1. The summed E-state index contributed by atoms with van der Waals surface area (Å²) in [6.45, 7) is 3.30. The third kappa shape index (κ3) is 8.78. The monoisotopic (exact) mass is 541 g/mol. The summed E-state index contributed by atoms with van der Waals surface area (Å²) in [5.41, 5.74) is 0.856. The van der Waals surface area contributed by atoms with Crippen LogP contribution in [-0.4, -0.2) is 66.6 Å². The van der Waals surface area contributed by atoms with Gasteiger partial charge in [0.15, 0.2) is 15.0 Å². The van der Waals surface area contributed by atoms with Crippen molar-refractivity contribution < 1.29 is 27.9 Å². The van der Waals surface area contributed by atoms with E-state index in [4.69, 9.17) is 9.84 Å². The van der Waals surface area contributed by atoms with Gasteiger partial charge in [-0.25, -0.2) is 18.2 Å². The van der Waals surface area contributed by atoms with Crippen molar-refractivity contribution in [3.8, 4) is 0 Å². The van der Waals surface area contributed by atoms with Crippen LogP contribution < -0.4 is 5.32 Å². The molecule has 0 bridgehead atoms. The molecule has 192 valence electrons. The minimum atomic E-state index is -3.24. The molecule has 1 aliphatic rings. The van der Waals surface area contributed by atoms with Crippen molar-refractivity contribution in [1.29, 1.82) is 0 Å². The summed E-state index contributed by atoms with van der Waals surface area (Å²) >= 11 is 2.42. The number of hydrogen-bond donors (Lipinski definition) is 2. The van der Waals surface area contributed by atoms with E-state index in [1.54, 1.807) is 30.5 Å². The van der Waals surface area contributed by atoms with Gasteiger partial charge in [-0.2, -0.15) is 0 Å². The van der Waals surface area contributed by atoms with Gasteiger partial charge in [0.2, 0.25) is 0 Å². The molecule has 1 aromatic carbocycles. The second-order valence-corrected chi connectivity index (χ2v) is 13.0. The summed E-state index contributed by atoms with van der Waals surface area (Å²) in [4.78, 5) is 30.2. The van der Waals surface area contributed by atoms with Gasteiger partial charge in [-0.3, -0.25) is 10.1 Å². The van der Waals surface area contributed by atoms with Gasteiger partial charge in [-0.05, 0) is 49.3 Å². The lowest BCUT2D eigenvalue weighted by atomic mass is 9.86. The van der Waals surface area contributed by atoms with Crippen LogP contribution in [0.25, 0.3) is 0 Å². The maximum absolute atomic E-state index is 13.1. The highest BCUT2D eigenvalue weighted by Crippen LogP contribution is 2.30. The highest BCUT2D eigenvalue weighted by Gasteiger charge is 2.28. The molecule has 1 aromatic heterocycles. The highest BCUT2D eigenvalue weighted by atomic mass is 32.2. The van der Waals surface area contributed by atoms with Gasteiger partial charge >= 0.3 is 12.0 Å². The van der Waals surface area contributed by atoms with E-state index in [2.05, 4.69) is 17.2 Å². The summed E-state index contributed by atoms with van der Waals surface area (Å²) in [5, 5.41) is 12.1. The van der Waals surface area contributed by atoms with E-state index >= 15 is 0 Å². The van der Waals surface area contributed by atoms with Gasteiger partial charge in [0.1, 0.15) is 0 Å². The number of amides is 2. The number of ether oxygens (including phenoxy) is 1. The molecule has 2 amide bonds. The number of carboxylic acids is 1. The molecule has 3 rings (SSSR count). The van der Waals surface area contributed by atoms with E-state index in [1.807, 2.05) is 4.90 Å². The lowest BCUT2D eigenvalue weighted by molar-refractivity contribution is -0.133. The molecule has 1 aliphatic carbocycles. The number of thiazole rings is 1. The number of anilines is 1. The van der Waals surface area contributed by atoms with E-state index in [-0.39, 0.29) is 22.7 Å². The number of aromatic nitrogens is 1. The van der Waals surface area contributed by atoms with Gasteiger partial charge in [-0.1, -0.05) is 30.4 Å². The molecule has 1 fully saturated rings. The Kier molecular flexibility index (Phi) is 9.96. The van der Waals surface area contributed by atoms with Crippen molar-refractivity contribution in [2.45, 2.75) is 54.4 Å². The molecule has 0 saturated heterocycles. The SMILES string of the molecule is CS(=O)(=O)c1ccc(COCCN(C(=O)Nc2ncc(SCC(=O)O)s2)[C@H]2CC[C@H](C)CC2)cc1. The number of carboxylic acid groups (broad SMARTS) is 1. The zero-order valence-electron chi connectivity index (χ0n) is 19.8. The fourth-order valence-electron chi connectivity index (χ4n) is 3.87. The number of nitrogens with one attached hydrogen (secondary N) is 1. The van der Waals surface area contributed by atoms with Crippen molar-refractivity contribution in [2.75, 3.05) is 30.5 Å². The number of urea groups is 1. The number of carbonyl (C=O) groups excluding carboxylic acids is 1. The van der Waals surface area contributed by atoms with E-state index in [0.717, 1.165) is 35.5 Å². The first-order chi connectivity index (χ1) is 16.6. The summed E-state index contributed by atoms with van der Waals surface area (Å²) in [5.74, 6) is -0.316. The van der Waals surface area contributed by atoms with Crippen LogP contribution in [0.5, 0.6) is 0 Å². The van der Waals surface area contributed by atoms with Crippen LogP contribution in [0.2, 0.25) is 0 Å². The summed E-state index contributed by atoms with van der Waals surface area (Å²) < 4.78 is 29.7. The average Bonchev–Trinajstić information content (AvgIpc) is 3.25. The first kappa shape index (κ1) is 27.4. The van der Waals surface area contributed by atoms with Crippen LogP contribution in [0.1, 0.15) is 38.2 Å². The predicted octanol–water partition coefficient (Wildman–Crippen LogP) is 4.35. The van der Waals surface area contributed by atoms with Crippen LogP contribution in [0.15, 0.2) is 39.6 Å². The molecule has 0 radical (unpaired) electrons. The Hall–Kier alpha value is -2.15. The Labute approximate surface area is 214 Å². The number of sulfone groups is 1. The molecule has 1 heterocycles. The molecule has 2 aromatic rings. The standard InChI is InChI=1S/C23H31N3O6S3/c1-16-3-7-18(8-4-16)26(23(29)25-22-24-13-21(34-22)33-15-20(27)28)11-12-32-14-17-5-9-19(10-6-17)35(2,30)31/h5-6,9-10,13,16,18H,3-4,7-8,11-12,14-15H2,1-2H3,(H,27,28)(H,24,25,29)/t16-,18-. The number of thioether (sulfide) groups is 1. The Balaban J connectivity index is 1.56. The molecule has 12 heteroatoms. The summed E-state index contributed by atoms with van der Waals surface area (Å²) in [6.07, 6.45) is 6.73. The van der Waals surface area contributed by atoms with E-state index in [9.17, 15) is 18.0 Å². The van der Waals surface area contributed by atoms with Crippen molar-refractivity contribution in [2.24, 2.45) is 5.92 Å². The molecule has 2 N–H and O–H groups in total. The molecule has 9 nitrogen and oxygen atoms in total. The lowest BCUT2D eigenvalue weighted by Gasteiger charge is -2.36. The number of rotatable bonds is 11. The minimum Gasteiger partial charge on any atom is -0.481 e. The zero-order chi connectivity index (χ0) is 25.4. The molecule has 35 heavy (non-hydrogen) atoms. The number of carbonyl (C=O) groups is 2. The number of nitrogens with zero attached hydrogens (tertiary/aromatic N) is 2. The first-order valence-corrected chi connectivity index (χ1v) is 15.1. The first-order valence-electron chi connectivity index (χ1n) is 11.4. The smallest absolute Gasteiger partial charge is 0.323 e. The van der Waals surface area contributed by atoms with Gasteiger partial charge in [0.05, 0.1) is 34.3 Å². The van der Waals surface area contributed by atoms with Gasteiger partial charge < -0.3 is 14.7 Å². The third-order valence-corrected chi connectivity index (χ3v) is 9.04. The largest absolute Gasteiger partial charge is 0.481 e. The molecular formula is C23H31N3O6S3. The minimum absolute atomic E-state index is 0.0592. The molecule has 0 unspecified atom stereocenters. The van der Waals surface area contributed by atoms with Crippen LogP contribution >= 0.6 is 23.1 Å². The van der Waals surface area contributed by atoms with Crippen LogP contribution in [0.3, 0.4) is 0 Å². The normalized spacial score (nSPS) is 18.2. The fourth-order valence-corrected chi connectivity index (χ4v) is 6.08. The molecule has 0 aliphatic heterocycles. The van der Waals surface area contributed by atoms with E-state index in [0.29, 0.717) is 30.8 Å². The Bertz CT molecular complexity index is 1100. The van der Waals surface area contributed by atoms with Gasteiger partial charge in [-0.15, -0.1) is 11.8 Å². The molecule has 0 spiro atoms. The van der Waals surface area contributed by atoms with Crippen molar-refractivity contribution in [3.05, 3.63) is 36.0 Å². The maximum Gasteiger partial charge on any atom is 0.323 e. The van der Waals surface area contributed by atoms with E-state index < -0.39 is 15.8 Å². The Morgan fingerprint density at radius 3 is 2.54 bits per heavy atom. The third-order valence-electron chi connectivity index (χ3n) is 5.82. The number of aliphatic carboxylic acids is 1. The predicted molar refractivity (Wildman–Crippen MR) is 137 cm³/mol. The van der Waals surface area contributed by atoms with E-state index in [1.165, 1.54) is 29.4 Å². The van der Waals surface area contributed by atoms with Crippen molar-refractivity contribution >= 4 is 50.1 Å². The van der Waals surface area contributed by atoms with Gasteiger partial charge in [0.25, 0.3) is 0 Å². The van der Waals surface area contributed by atoms with Crippen molar-refractivity contribution in [1.82, 2.24) is 9.88 Å². The molecule has 1 saturated carbocycles. The number of hydrogen-bond acceptors (Lipinski definition) is 8. The van der Waals surface area contributed by atoms with Crippen LogP contribution in [0.4, 0.5) is 9.93 Å².